The molecular weight excluding hydrogens is 332 g/mol. The van der Waals surface area contributed by atoms with Gasteiger partial charge in [0.15, 0.2) is 21.3 Å². The summed E-state index contributed by atoms with van der Waals surface area (Å²) in [6, 6.07) is 4.39. The smallest absolute Gasteiger partial charge is 0.221 e. The number of rotatable bonds is 10. The number of nitrogens with zero attached hydrogens (tertiary/aromatic N) is 1. The molecule has 0 fully saturated rings. The minimum atomic E-state index is -3.56. The molecule has 0 spiro atoms. The summed E-state index contributed by atoms with van der Waals surface area (Å²) < 4.78 is 34.9. The van der Waals surface area contributed by atoms with Crippen molar-refractivity contribution in [3.63, 3.8) is 0 Å². The third kappa shape index (κ3) is 6.37. The molecule has 1 aromatic rings. The number of carbonyl (C=O) groups excluding carboxylic acids is 1. The minimum absolute atomic E-state index is 0.0708. The van der Waals surface area contributed by atoms with Crippen molar-refractivity contribution in [3.8, 4) is 11.5 Å². The van der Waals surface area contributed by atoms with Crippen LogP contribution in [-0.4, -0.2) is 66.4 Å². The number of amides is 1. The highest BCUT2D eigenvalue weighted by molar-refractivity contribution is 7.91. The standard InChI is InChI=1S/C16H26N2O5S/c1-18(2)10-5-9-17-16(19)8-11-24(20,21)13-6-7-14(22-3)15(12-13)23-4/h6-7,12H,5,8-11H2,1-4H3,(H,17,19). The third-order valence-electron chi connectivity index (χ3n) is 3.42. The molecule has 0 bridgehead atoms. The zero-order valence-corrected chi connectivity index (χ0v) is 15.5. The quantitative estimate of drug-likeness (QED) is 0.627. The van der Waals surface area contributed by atoms with Gasteiger partial charge in [-0.25, -0.2) is 8.42 Å². The van der Waals surface area contributed by atoms with E-state index in [1.807, 2.05) is 19.0 Å². The molecule has 1 aromatic carbocycles. The summed E-state index contributed by atoms with van der Waals surface area (Å²) in [5.74, 6) is 0.279. The lowest BCUT2D eigenvalue weighted by Crippen LogP contribution is -2.28. The predicted octanol–water partition coefficient (Wildman–Crippen LogP) is 0.936. The number of carbonyl (C=O) groups is 1. The Labute approximate surface area is 143 Å². The molecule has 1 N–H and O–H groups in total. The fraction of sp³-hybridized carbons (Fsp3) is 0.562. The average Bonchev–Trinajstić information content (AvgIpc) is 2.56. The summed E-state index contributed by atoms with van der Waals surface area (Å²) >= 11 is 0. The Hall–Kier alpha value is -1.80. The molecule has 0 heterocycles. The van der Waals surface area contributed by atoms with E-state index in [1.165, 1.54) is 32.4 Å². The van der Waals surface area contributed by atoms with Crippen LogP contribution in [0.3, 0.4) is 0 Å². The summed E-state index contributed by atoms with van der Waals surface area (Å²) in [6.45, 7) is 1.40. The molecule has 24 heavy (non-hydrogen) atoms. The lowest BCUT2D eigenvalue weighted by Gasteiger charge is -2.11. The summed E-state index contributed by atoms with van der Waals surface area (Å²) in [7, 11) is 3.27. The summed E-state index contributed by atoms with van der Waals surface area (Å²) in [4.78, 5) is 13.9. The fourth-order valence-corrected chi connectivity index (χ4v) is 3.32. The number of ether oxygens (including phenoxy) is 2. The minimum Gasteiger partial charge on any atom is -0.493 e. The summed E-state index contributed by atoms with van der Waals surface area (Å²) in [5.41, 5.74) is 0. The first kappa shape index (κ1) is 20.2. The Morgan fingerprint density at radius 3 is 2.42 bits per heavy atom. The molecule has 0 unspecified atom stereocenters. The Balaban J connectivity index is 2.59. The molecule has 0 radical (unpaired) electrons. The van der Waals surface area contributed by atoms with Crippen molar-refractivity contribution in [1.82, 2.24) is 10.2 Å². The molecule has 0 aliphatic heterocycles. The summed E-state index contributed by atoms with van der Waals surface area (Å²) in [6.07, 6.45) is 0.750. The van der Waals surface area contributed by atoms with Crippen molar-refractivity contribution < 1.29 is 22.7 Å². The van der Waals surface area contributed by atoms with Gasteiger partial charge in [0.2, 0.25) is 5.91 Å². The maximum absolute atomic E-state index is 12.3. The number of hydrogen-bond acceptors (Lipinski definition) is 6. The van der Waals surface area contributed by atoms with E-state index >= 15 is 0 Å². The van der Waals surface area contributed by atoms with Gasteiger partial charge in [0.25, 0.3) is 0 Å². The van der Waals surface area contributed by atoms with Crippen LogP contribution in [0, 0.1) is 0 Å². The van der Waals surface area contributed by atoms with Crippen LogP contribution < -0.4 is 14.8 Å². The van der Waals surface area contributed by atoms with Gasteiger partial charge in [0.1, 0.15) is 0 Å². The first-order chi connectivity index (χ1) is 11.3. The molecule has 0 saturated heterocycles. The number of hydrogen-bond donors (Lipinski definition) is 1. The van der Waals surface area contributed by atoms with Gasteiger partial charge < -0.3 is 19.7 Å². The van der Waals surface area contributed by atoms with Crippen LogP contribution in [0.1, 0.15) is 12.8 Å². The highest BCUT2D eigenvalue weighted by Crippen LogP contribution is 2.29. The van der Waals surface area contributed by atoms with Crippen molar-refractivity contribution in [2.75, 3.05) is 47.2 Å². The number of sulfone groups is 1. The average molecular weight is 358 g/mol. The number of methoxy groups -OCH3 is 2. The van der Waals surface area contributed by atoms with Gasteiger partial charge in [-0.3, -0.25) is 4.79 Å². The molecule has 8 heteroatoms. The Bertz CT molecular complexity index is 644. The molecule has 1 amide bonds. The maximum atomic E-state index is 12.3. The van der Waals surface area contributed by atoms with E-state index in [0.717, 1.165) is 13.0 Å². The highest BCUT2D eigenvalue weighted by Gasteiger charge is 2.18. The van der Waals surface area contributed by atoms with E-state index in [4.69, 9.17) is 9.47 Å². The topological polar surface area (TPSA) is 84.9 Å². The zero-order chi connectivity index (χ0) is 18.2. The summed E-state index contributed by atoms with van der Waals surface area (Å²) in [5, 5.41) is 2.73. The van der Waals surface area contributed by atoms with Gasteiger partial charge in [0, 0.05) is 19.0 Å². The largest absolute Gasteiger partial charge is 0.493 e. The van der Waals surface area contributed by atoms with Crippen molar-refractivity contribution in [1.29, 1.82) is 0 Å². The second-order valence-corrected chi connectivity index (χ2v) is 7.70. The first-order valence-electron chi connectivity index (χ1n) is 7.66. The second kappa shape index (κ2) is 9.48. The van der Waals surface area contributed by atoms with Crippen LogP contribution in [0.5, 0.6) is 11.5 Å². The van der Waals surface area contributed by atoms with Gasteiger partial charge in [-0.1, -0.05) is 0 Å². The molecule has 0 aliphatic carbocycles. The second-order valence-electron chi connectivity index (χ2n) is 5.59. The molecule has 0 atom stereocenters. The van der Waals surface area contributed by atoms with Crippen LogP contribution in [-0.2, 0) is 14.6 Å². The normalized spacial score (nSPS) is 11.4. The van der Waals surface area contributed by atoms with Gasteiger partial charge >= 0.3 is 0 Å². The van der Waals surface area contributed by atoms with Crippen molar-refractivity contribution in [2.24, 2.45) is 0 Å². The Kier molecular flexibility index (Phi) is 8.00. The van der Waals surface area contributed by atoms with Gasteiger partial charge in [-0.15, -0.1) is 0 Å². The van der Waals surface area contributed by atoms with Crippen molar-refractivity contribution in [2.45, 2.75) is 17.7 Å². The molecule has 0 aliphatic rings. The first-order valence-corrected chi connectivity index (χ1v) is 9.31. The zero-order valence-electron chi connectivity index (χ0n) is 14.7. The highest BCUT2D eigenvalue weighted by atomic mass is 32.2. The van der Waals surface area contributed by atoms with Crippen molar-refractivity contribution >= 4 is 15.7 Å². The van der Waals surface area contributed by atoms with Gasteiger partial charge in [-0.2, -0.15) is 0 Å². The number of nitrogens with one attached hydrogen (secondary N) is 1. The van der Waals surface area contributed by atoms with E-state index in [2.05, 4.69) is 5.32 Å². The predicted molar refractivity (Wildman–Crippen MR) is 92.4 cm³/mol. The van der Waals surface area contributed by atoms with Crippen LogP contribution in [0.25, 0.3) is 0 Å². The molecule has 7 nitrogen and oxygen atoms in total. The maximum Gasteiger partial charge on any atom is 0.221 e. The third-order valence-corrected chi connectivity index (χ3v) is 5.13. The van der Waals surface area contributed by atoms with E-state index in [1.54, 1.807) is 0 Å². The molecular formula is C16H26N2O5S. The van der Waals surface area contributed by atoms with E-state index in [9.17, 15) is 13.2 Å². The van der Waals surface area contributed by atoms with Crippen molar-refractivity contribution in [3.05, 3.63) is 18.2 Å². The molecule has 1 rings (SSSR count). The fourth-order valence-electron chi connectivity index (χ4n) is 2.07. The Morgan fingerprint density at radius 1 is 1.17 bits per heavy atom. The van der Waals surface area contributed by atoms with Crippen LogP contribution in [0.2, 0.25) is 0 Å². The van der Waals surface area contributed by atoms with Crippen LogP contribution >= 0.6 is 0 Å². The van der Waals surface area contributed by atoms with Crippen LogP contribution in [0.15, 0.2) is 23.1 Å². The van der Waals surface area contributed by atoms with E-state index in [-0.39, 0.29) is 23.0 Å². The monoisotopic (exact) mass is 358 g/mol. The van der Waals surface area contributed by atoms with E-state index in [0.29, 0.717) is 18.0 Å². The molecule has 0 aromatic heterocycles. The lowest BCUT2D eigenvalue weighted by atomic mass is 10.3. The SMILES string of the molecule is COc1ccc(S(=O)(=O)CCC(=O)NCCCN(C)C)cc1OC. The Morgan fingerprint density at radius 2 is 1.83 bits per heavy atom. The number of benzene rings is 1. The van der Waals surface area contributed by atoms with Gasteiger partial charge in [0.05, 0.1) is 24.9 Å². The lowest BCUT2D eigenvalue weighted by molar-refractivity contribution is -0.120. The molecule has 136 valence electrons. The van der Waals surface area contributed by atoms with Gasteiger partial charge in [-0.05, 0) is 39.2 Å². The van der Waals surface area contributed by atoms with E-state index < -0.39 is 9.84 Å². The van der Waals surface area contributed by atoms with Crippen LogP contribution in [0.4, 0.5) is 0 Å². The molecule has 0 saturated carbocycles.